The number of thiol groups is 1. The van der Waals surface area contributed by atoms with Gasteiger partial charge in [-0.15, -0.1) is 12.6 Å². The molecule has 98 valence electrons. The number of carbonyl (C=O) groups excluding carboxylic acids is 1. The maximum Gasteiger partial charge on any atom is 0.228 e. The van der Waals surface area contributed by atoms with Crippen molar-refractivity contribution < 1.29 is 9.53 Å². The molecule has 1 N–H and O–H groups in total. The summed E-state index contributed by atoms with van der Waals surface area (Å²) >= 11 is 4.21. The van der Waals surface area contributed by atoms with Crippen molar-refractivity contribution in [1.82, 2.24) is 0 Å². The molecule has 2 aromatic carbocycles. The zero-order valence-corrected chi connectivity index (χ0v) is 11.5. The van der Waals surface area contributed by atoms with Gasteiger partial charge in [-0.05, 0) is 29.8 Å². The van der Waals surface area contributed by atoms with E-state index in [1.807, 2.05) is 42.5 Å². The van der Waals surface area contributed by atoms with Gasteiger partial charge in [-0.1, -0.05) is 18.2 Å². The monoisotopic (exact) mass is 273 g/mol. The molecule has 0 saturated carbocycles. The van der Waals surface area contributed by atoms with Crippen LogP contribution in [0.5, 0.6) is 5.75 Å². The fourth-order valence-corrected chi connectivity index (χ4v) is 1.85. The van der Waals surface area contributed by atoms with Crippen LogP contribution in [0, 0.1) is 0 Å². The van der Waals surface area contributed by atoms with E-state index >= 15 is 0 Å². The van der Waals surface area contributed by atoms with Crippen LogP contribution in [-0.2, 0) is 11.2 Å². The third kappa shape index (κ3) is 4.03. The van der Waals surface area contributed by atoms with E-state index < -0.39 is 0 Å². The molecule has 0 heterocycles. The van der Waals surface area contributed by atoms with E-state index in [4.69, 9.17) is 4.74 Å². The van der Waals surface area contributed by atoms with Crippen LogP contribution in [0.2, 0.25) is 0 Å². The highest BCUT2D eigenvalue weighted by Gasteiger charge is 2.04. The summed E-state index contributed by atoms with van der Waals surface area (Å²) in [5.74, 6) is 0.664. The van der Waals surface area contributed by atoms with Crippen LogP contribution in [0.1, 0.15) is 5.56 Å². The Bertz CT molecular complexity index is 567. The molecule has 0 aromatic heterocycles. The van der Waals surface area contributed by atoms with Crippen LogP contribution in [0.3, 0.4) is 0 Å². The molecule has 0 aliphatic rings. The number of hydrogen-bond donors (Lipinski definition) is 2. The van der Waals surface area contributed by atoms with Crippen molar-refractivity contribution in [2.45, 2.75) is 11.3 Å². The van der Waals surface area contributed by atoms with Crippen molar-refractivity contribution >= 4 is 24.2 Å². The quantitative estimate of drug-likeness (QED) is 0.840. The first-order chi connectivity index (χ1) is 9.17. The molecule has 0 atom stereocenters. The maximum atomic E-state index is 11.9. The third-order valence-electron chi connectivity index (χ3n) is 2.65. The minimum Gasteiger partial charge on any atom is -0.497 e. The van der Waals surface area contributed by atoms with Crippen LogP contribution >= 0.6 is 12.6 Å². The number of carbonyl (C=O) groups is 1. The highest BCUT2D eigenvalue weighted by atomic mass is 32.1. The van der Waals surface area contributed by atoms with E-state index in [2.05, 4.69) is 17.9 Å². The number of anilines is 1. The Labute approximate surface area is 118 Å². The third-order valence-corrected chi connectivity index (χ3v) is 2.95. The van der Waals surface area contributed by atoms with E-state index in [-0.39, 0.29) is 5.91 Å². The lowest BCUT2D eigenvalue weighted by Crippen LogP contribution is -2.14. The molecule has 4 heteroatoms. The molecule has 3 nitrogen and oxygen atoms in total. The number of ether oxygens (including phenoxy) is 1. The molecule has 2 rings (SSSR count). The van der Waals surface area contributed by atoms with E-state index in [1.165, 1.54) is 0 Å². The van der Waals surface area contributed by atoms with Gasteiger partial charge in [-0.2, -0.15) is 0 Å². The van der Waals surface area contributed by atoms with Crippen molar-refractivity contribution in [1.29, 1.82) is 0 Å². The van der Waals surface area contributed by atoms with Crippen LogP contribution in [0.25, 0.3) is 0 Å². The van der Waals surface area contributed by atoms with Gasteiger partial charge >= 0.3 is 0 Å². The van der Waals surface area contributed by atoms with Gasteiger partial charge in [-0.3, -0.25) is 4.79 Å². The van der Waals surface area contributed by atoms with E-state index in [1.54, 1.807) is 13.2 Å². The van der Waals surface area contributed by atoms with Crippen molar-refractivity contribution in [2.75, 3.05) is 12.4 Å². The van der Waals surface area contributed by atoms with Crippen molar-refractivity contribution in [3.8, 4) is 5.75 Å². The lowest BCUT2D eigenvalue weighted by atomic mass is 10.1. The summed E-state index contributed by atoms with van der Waals surface area (Å²) in [6, 6.07) is 14.8. The topological polar surface area (TPSA) is 38.3 Å². The predicted molar refractivity (Wildman–Crippen MR) is 79.0 cm³/mol. The number of hydrogen-bond acceptors (Lipinski definition) is 3. The van der Waals surface area contributed by atoms with Crippen LogP contribution < -0.4 is 10.1 Å². The molecule has 1 amide bonds. The van der Waals surface area contributed by atoms with Gasteiger partial charge in [0.25, 0.3) is 0 Å². The molecule has 0 aliphatic carbocycles. The molecule has 0 fully saturated rings. The summed E-state index contributed by atoms with van der Waals surface area (Å²) in [5.41, 5.74) is 1.69. The molecule has 0 radical (unpaired) electrons. The Morgan fingerprint density at radius 3 is 2.63 bits per heavy atom. The standard InChI is InChI=1S/C15H15NO2S/c1-18-13-4-2-3-12(10-13)16-15(17)9-11-5-7-14(19)8-6-11/h2-8,10,19H,9H2,1H3,(H,16,17). The van der Waals surface area contributed by atoms with Gasteiger partial charge < -0.3 is 10.1 Å². The van der Waals surface area contributed by atoms with Crippen LogP contribution in [0.4, 0.5) is 5.69 Å². The van der Waals surface area contributed by atoms with E-state index in [0.717, 1.165) is 21.9 Å². The fraction of sp³-hybridized carbons (Fsp3) is 0.133. The molecule has 19 heavy (non-hydrogen) atoms. The molecule has 0 aliphatic heterocycles. The van der Waals surface area contributed by atoms with Crippen molar-refractivity contribution in [3.63, 3.8) is 0 Å². The summed E-state index contributed by atoms with van der Waals surface area (Å²) < 4.78 is 5.11. The van der Waals surface area contributed by atoms with E-state index in [9.17, 15) is 4.79 Å². The summed E-state index contributed by atoms with van der Waals surface area (Å²) in [6.07, 6.45) is 0.339. The minimum atomic E-state index is -0.0554. The molecule has 0 bridgehead atoms. The number of rotatable bonds is 4. The zero-order chi connectivity index (χ0) is 13.7. The van der Waals surface area contributed by atoms with Gasteiger partial charge in [-0.25, -0.2) is 0 Å². The normalized spacial score (nSPS) is 10.0. The average molecular weight is 273 g/mol. The zero-order valence-electron chi connectivity index (χ0n) is 10.6. The maximum absolute atomic E-state index is 11.9. The molecule has 0 unspecified atom stereocenters. The van der Waals surface area contributed by atoms with Crippen molar-refractivity contribution in [3.05, 3.63) is 54.1 Å². The summed E-state index contributed by atoms with van der Waals surface area (Å²) in [5, 5.41) is 2.84. The minimum absolute atomic E-state index is 0.0554. The summed E-state index contributed by atoms with van der Waals surface area (Å²) in [4.78, 5) is 12.8. The average Bonchev–Trinajstić information content (AvgIpc) is 2.41. The molecule has 2 aromatic rings. The van der Waals surface area contributed by atoms with Gasteiger partial charge in [0.05, 0.1) is 13.5 Å². The van der Waals surface area contributed by atoms with Gasteiger partial charge in [0.1, 0.15) is 5.75 Å². The molecular formula is C15H15NO2S. The van der Waals surface area contributed by atoms with Crippen LogP contribution in [0.15, 0.2) is 53.4 Å². The number of nitrogens with one attached hydrogen (secondary N) is 1. The Kier molecular flexibility index (Phi) is 4.47. The first kappa shape index (κ1) is 13.5. The SMILES string of the molecule is COc1cccc(NC(=O)Cc2ccc(S)cc2)c1. The Balaban J connectivity index is 1.99. The summed E-state index contributed by atoms with van der Waals surface area (Å²) in [7, 11) is 1.60. The lowest BCUT2D eigenvalue weighted by Gasteiger charge is -2.07. The van der Waals surface area contributed by atoms with Gasteiger partial charge in [0, 0.05) is 16.6 Å². The highest BCUT2D eigenvalue weighted by molar-refractivity contribution is 7.80. The highest BCUT2D eigenvalue weighted by Crippen LogP contribution is 2.17. The van der Waals surface area contributed by atoms with Gasteiger partial charge in [0.15, 0.2) is 0 Å². The first-order valence-corrected chi connectivity index (χ1v) is 6.34. The number of benzene rings is 2. The van der Waals surface area contributed by atoms with E-state index in [0.29, 0.717) is 6.42 Å². The number of amides is 1. The smallest absolute Gasteiger partial charge is 0.228 e. The van der Waals surface area contributed by atoms with Crippen LogP contribution in [-0.4, -0.2) is 13.0 Å². The van der Waals surface area contributed by atoms with Gasteiger partial charge in [0.2, 0.25) is 5.91 Å². The summed E-state index contributed by atoms with van der Waals surface area (Å²) in [6.45, 7) is 0. The Morgan fingerprint density at radius 2 is 1.95 bits per heavy atom. The second-order valence-electron chi connectivity index (χ2n) is 4.12. The lowest BCUT2D eigenvalue weighted by molar-refractivity contribution is -0.115. The molecular weight excluding hydrogens is 258 g/mol. The molecule has 0 saturated heterocycles. The number of methoxy groups -OCH3 is 1. The largest absolute Gasteiger partial charge is 0.497 e. The Morgan fingerprint density at radius 1 is 1.21 bits per heavy atom. The fourth-order valence-electron chi connectivity index (χ4n) is 1.71. The second kappa shape index (κ2) is 6.29. The first-order valence-electron chi connectivity index (χ1n) is 5.89. The Hall–Kier alpha value is -1.94. The van der Waals surface area contributed by atoms with Crippen molar-refractivity contribution in [2.24, 2.45) is 0 Å². The predicted octanol–water partition coefficient (Wildman–Crippen LogP) is 3.17. The second-order valence-corrected chi connectivity index (χ2v) is 4.64. The molecule has 0 spiro atoms.